The van der Waals surface area contributed by atoms with Gasteiger partial charge >= 0.3 is 0 Å². The number of carbonyl (C=O) groups excluding carboxylic acids is 1. The molecule has 1 aliphatic heterocycles. The molecule has 1 fully saturated rings. The first-order valence-electron chi connectivity index (χ1n) is 8.21. The molecule has 7 heteroatoms. The largest absolute Gasteiger partial charge is 0.377 e. The highest BCUT2D eigenvalue weighted by molar-refractivity contribution is 5.81. The molecule has 0 radical (unpaired) electrons. The van der Waals surface area contributed by atoms with Gasteiger partial charge in [0.25, 0.3) is 11.1 Å². The van der Waals surface area contributed by atoms with Crippen LogP contribution in [0.1, 0.15) is 19.8 Å². The number of hydrogen-bond acceptors (Lipinski definition) is 4. The minimum absolute atomic E-state index is 0.0417. The molecule has 7 nitrogen and oxygen atoms in total. The molecular weight excluding hydrogens is 310 g/mol. The standard InChI is InChI=1S/C17H21N3O4/c1-2-24-12-6-5-9-19(10-12)15(21)11-20-17(23)14-8-4-3-7-13(14)16(22)18-20/h3-4,7-8,12H,2,5-6,9-11H2,1H3,(H,18,22). The first kappa shape index (κ1) is 16.4. The molecule has 1 N–H and O–H groups in total. The lowest BCUT2D eigenvalue weighted by atomic mass is 10.1. The summed E-state index contributed by atoms with van der Waals surface area (Å²) in [4.78, 5) is 38.8. The number of ether oxygens (including phenoxy) is 1. The summed E-state index contributed by atoms with van der Waals surface area (Å²) in [5.74, 6) is -0.188. The summed E-state index contributed by atoms with van der Waals surface area (Å²) in [6, 6.07) is 6.60. The Morgan fingerprint density at radius 2 is 2.04 bits per heavy atom. The number of aromatic nitrogens is 2. The molecule has 24 heavy (non-hydrogen) atoms. The predicted molar refractivity (Wildman–Crippen MR) is 90.1 cm³/mol. The van der Waals surface area contributed by atoms with Crippen LogP contribution in [0.25, 0.3) is 10.8 Å². The van der Waals surface area contributed by atoms with Crippen LogP contribution in [0.4, 0.5) is 0 Å². The molecule has 128 valence electrons. The summed E-state index contributed by atoms with van der Waals surface area (Å²) in [6.07, 6.45) is 1.85. The summed E-state index contributed by atoms with van der Waals surface area (Å²) < 4.78 is 6.69. The third-order valence-corrected chi connectivity index (χ3v) is 4.31. The molecule has 0 saturated carbocycles. The van der Waals surface area contributed by atoms with E-state index in [1.54, 1.807) is 29.2 Å². The zero-order valence-electron chi connectivity index (χ0n) is 13.7. The minimum Gasteiger partial charge on any atom is -0.377 e. The molecule has 1 amide bonds. The third-order valence-electron chi connectivity index (χ3n) is 4.31. The maximum Gasteiger partial charge on any atom is 0.273 e. The lowest BCUT2D eigenvalue weighted by Crippen LogP contribution is -2.46. The van der Waals surface area contributed by atoms with E-state index >= 15 is 0 Å². The van der Waals surface area contributed by atoms with Crippen LogP contribution in [0.2, 0.25) is 0 Å². The van der Waals surface area contributed by atoms with Crippen molar-refractivity contribution in [3.8, 4) is 0 Å². The predicted octanol–water partition coefficient (Wildman–Crippen LogP) is 0.717. The molecule has 0 aliphatic carbocycles. The zero-order chi connectivity index (χ0) is 17.1. The number of benzene rings is 1. The number of rotatable bonds is 4. The molecule has 1 aromatic carbocycles. The number of nitrogens with zero attached hydrogens (tertiary/aromatic N) is 2. The second-order valence-corrected chi connectivity index (χ2v) is 5.94. The number of likely N-dealkylation sites (tertiary alicyclic amines) is 1. The number of H-pyrrole nitrogens is 1. The van der Waals surface area contributed by atoms with Crippen LogP contribution < -0.4 is 11.1 Å². The van der Waals surface area contributed by atoms with Gasteiger partial charge in [0.2, 0.25) is 5.91 Å². The van der Waals surface area contributed by atoms with Crippen LogP contribution in [0, 0.1) is 0 Å². The number of fused-ring (bicyclic) bond motifs is 1. The lowest BCUT2D eigenvalue weighted by molar-refractivity contribution is -0.136. The Labute approximate surface area is 138 Å². The topological polar surface area (TPSA) is 84.4 Å². The molecule has 1 saturated heterocycles. The van der Waals surface area contributed by atoms with Gasteiger partial charge in [-0.1, -0.05) is 12.1 Å². The van der Waals surface area contributed by atoms with Crippen molar-refractivity contribution in [1.29, 1.82) is 0 Å². The smallest absolute Gasteiger partial charge is 0.273 e. The van der Waals surface area contributed by atoms with Crippen molar-refractivity contribution < 1.29 is 9.53 Å². The molecular formula is C17H21N3O4. The van der Waals surface area contributed by atoms with Crippen molar-refractivity contribution in [2.45, 2.75) is 32.4 Å². The van der Waals surface area contributed by atoms with Gasteiger partial charge in [0.05, 0.1) is 16.9 Å². The Kier molecular flexibility index (Phi) is 4.80. The van der Waals surface area contributed by atoms with Gasteiger partial charge < -0.3 is 9.64 Å². The second-order valence-electron chi connectivity index (χ2n) is 5.94. The zero-order valence-corrected chi connectivity index (χ0v) is 13.7. The molecule has 0 spiro atoms. The fraction of sp³-hybridized carbons (Fsp3) is 0.471. The van der Waals surface area contributed by atoms with E-state index in [9.17, 15) is 14.4 Å². The average Bonchev–Trinajstić information content (AvgIpc) is 2.60. The molecule has 1 aliphatic rings. The number of nitrogens with one attached hydrogen (secondary N) is 1. The van der Waals surface area contributed by atoms with Crippen molar-refractivity contribution in [2.75, 3.05) is 19.7 Å². The Balaban J connectivity index is 1.82. The van der Waals surface area contributed by atoms with E-state index in [2.05, 4.69) is 5.10 Å². The number of aromatic amines is 1. The molecule has 1 aromatic heterocycles. The van der Waals surface area contributed by atoms with Gasteiger partial charge in [0.1, 0.15) is 6.54 Å². The molecule has 2 heterocycles. The van der Waals surface area contributed by atoms with Gasteiger partial charge in [0.15, 0.2) is 0 Å². The van der Waals surface area contributed by atoms with Gasteiger partial charge in [-0.05, 0) is 31.9 Å². The van der Waals surface area contributed by atoms with E-state index in [0.29, 0.717) is 30.5 Å². The molecule has 0 bridgehead atoms. The Morgan fingerprint density at radius 1 is 1.29 bits per heavy atom. The number of amides is 1. The van der Waals surface area contributed by atoms with E-state index in [1.807, 2.05) is 6.92 Å². The number of hydrogen-bond donors (Lipinski definition) is 1. The van der Waals surface area contributed by atoms with E-state index < -0.39 is 0 Å². The maximum atomic E-state index is 12.5. The Morgan fingerprint density at radius 3 is 2.79 bits per heavy atom. The van der Waals surface area contributed by atoms with Crippen molar-refractivity contribution >= 4 is 16.7 Å². The van der Waals surface area contributed by atoms with Gasteiger partial charge in [-0.25, -0.2) is 4.68 Å². The van der Waals surface area contributed by atoms with Crippen LogP contribution in [0.15, 0.2) is 33.9 Å². The van der Waals surface area contributed by atoms with Crippen molar-refractivity contribution in [2.24, 2.45) is 0 Å². The number of carbonyl (C=O) groups is 1. The fourth-order valence-corrected chi connectivity index (χ4v) is 3.13. The van der Waals surface area contributed by atoms with Gasteiger partial charge in [-0.3, -0.25) is 19.5 Å². The highest BCUT2D eigenvalue weighted by Crippen LogP contribution is 2.13. The maximum absolute atomic E-state index is 12.5. The summed E-state index contributed by atoms with van der Waals surface area (Å²) in [6.45, 7) is 3.55. The van der Waals surface area contributed by atoms with E-state index in [4.69, 9.17) is 4.74 Å². The molecule has 2 aromatic rings. The van der Waals surface area contributed by atoms with E-state index in [0.717, 1.165) is 17.5 Å². The van der Waals surface area contributed by atoms with Gasteiger partial charge in [0, 0.05) is 19.7 Å². The van der Waals surface area contributed by atoms with Crippen LogP contribution in [0.5, 0.6) is 0 Å². The highest BCUT2D eigenvalue weighted by Gasteiger charge is 2.24. The van der Waals surface area contributed by atoms with Crippen LogP contribution in [-0.2, 0) is 16.1 Å². The summed E-state index contributed by atoms with van der Waals surface area (Å²) in [5.41, 5.74) is -0.735. The van der Waals surface area contributed by atoms with Crippen LogP contribution in [-0.4, -0.2) is 46.4 Å². The average molecular weight is 331 g/mol. The fourth-order valence-electron chi connectivity index (χ4n) is 3.13. The van der Waals surface area contributed by atoms with Crippen LogP contribution >= 0.6 is 0 Å². The quantitative estimate of drug-likeness (QED) is 0.894. The number of piperidine rings is 1. The summed E-state index contributed by atoms with van der Waals surface area (Å²) in [7, 11) is 0. The van der Waals surface area contributed by atoms with Gasteiger partial charge in [-0.15, -0.1) is 0 Å². The Bertz CT molecular complexity index is 853. The second kappa shape index (κ2) is 7.00. The van der Waals surface area contributed by atoms with Crippen molar-refractivity contribution in [3.63, 3.8) is 0 Å². The molecule has 1 atom stereocenters. The summed E-state index contributed by atoms with van der Waals surface area (Å²) in [5, 5.41) is 3.15. The molecule has 1 unspecified atom stereocenters. The van der Waals surface area contributed by atoms with Crippen molar-refractivity contribution in [3.05, 3.63) is 45.0 Å². The minimum atomic E-state index is -0.371. The van der Waals surface area contributed by atoms with E-state index in [-0.39, 0.29) is 29.7 Å². The first-order chi connectivity index (χ1) is 11.6. The van der Waals surface area contributed by atoms with Gasteiger partial charge in [-0.2, -0.15) is 0 Å². The normalized spacial score (nSPS) is 18.0. The highest BCUT2D eigenvalue weighted by atomic mass is 16.5. The van der Waals surface area contributed by atoms with Crippen molar-refractivity contribution in [1.82, 2.24) is 14.7 Å². The monoisotopic (exact) mass is 331 g/mol. The SMILES string of the molecule is CCOC1CCCN(C(=O)Cn2[nH]c(=O)c3ccccc3c2=O)C1. The van der Waals surface area contributed by atoms with Crippen LogP contribution in [0.3, 0.4) is 0 Å². The Hall–Kier alpha value is -2.41. The summed E-state index contributed by atoms with van der Waals surface area (Å²) >= 11 is 0. The molecule has 3 rings (SSSR count). The third kappa shape index (κ3) is 3.26. The lowest BCUT2D eigenvalue weighted by Gasteiger charge is -2.32. The van der Waals surface area contributed by atoms with E-state index in [1.165, 1.54) is 0 Å². The first-order valence-corrected chi connectivity index (χ1v) is 8.21.